The first-order chi connectivity index (χ1) is 9.29. The molecule has 0 heterocycles. The van der Waals surface area contributed by atoms with Crippen LogP contribution in [0.25, 0.3) is 0 Å². The molecule has 8 heteroatoms. The van der Waals surface area contributed by atoms with Crippen molar-refractivity contribution >= 4 is 37.3 Å². The van der Waals surface area contributed by atoms with Crippen molar-refractivity contribution < 1.29 is 17.2 Å². The van der Waals surface area contributed by atoms with Gasteiger partial charge in [0.2, 0.25) is 0 Å². The van der Waals surface area contributed by atoms with Crippen molar-refractivity contribution in [2.75, 3.05) is 10.5 Å². The summed E-state index contributed by atoms with van der Waals surface area (Å²) in [5.74, 6) is -1.84. The monoisotopic (exact) mass is 362 g/mol. The summed E-state index contributed by atoms with van der Waals surface area (Å²) in [6, 6.07) is 7.07. The third-order valence-electron chi connectivity index (χ3n) is 2.41. The zero-order chi connectivity index (χ0) is 14.9. The lowest BCUT2D eigenvalue weighted by atomic mass is 10.3. The summed E-state index contributed by atoms with van der Waals surface area (Å²) in [4.78, 5) is -0.117. The van der Waals surface area contributed by atoms with E-state index in [-0.39, 0.29) is 20.7 Å². The van der Waals surface area contributed by atoms with E-state index in [1.165, 1.54) is 24.3 Å². The van der Waals surface area contributed by atoms with Crippen molar-refractivity contribution in [3.05, 3.63) is 52.5 Å². The zero-order valence-corrected chi connectivity index (χ0v) is 12.3. The molecule has 2 aromatic carbocycles. The number of hydrogen-bond acceptors (Lipinski definition) is 3. The van der Waals surface area contributed by atoms with Crippen LogP contribution in [0, 0.1) is 11.6 Å². The first-order valence-electron chi connectivity index (χ1n) is 5.32. The lowest BCUT2D eigenvalue weighted by Gasteiger charge is -2.11. The van der Waals surface area contributed by atoms with Crippen molar-refractivity contribution in [2.24, 2.45) is 0 Å². The maximum Gasteiger partial charge on any atom is 0.262 e. The van der Waals surface area contributed by atoms with E-state index in [1.807, 2.05) is 0 Å². The van der Waals surface area contributed by atoms with Crippen LogP contribution in [0.4, 0.5) is 20.2 Å². The molecule has 0 fully saturated rings. The van der Waals surface area contributed by atoms with Crippen LogP contribution in [-0.2, 0) is 10.0 Å². The molecular weight excluding hydrogens is 354 g/mol. The van der Waals surface area contributed by atoms with Crippen molar-refractivity contribution in [3.63, 3.8) is 0 Å². The van der Waals surface area contributed by atoms with Crippen LogP contribution in [-0.4, -0.2) is 8.42 Å². The SMILES string of the molecule is Nc1cccc(S(=O)(=O)Nc2c(F)cc(F)cc2Br)c1. The lowest BCUT2D eigenvalue weighted by Crippen LogP contribution is -2.14. The van der Waals surface area contributed by atoms with E-state index in [2.05, 4.69) is 20.7 Å². The third-order valence-corrected chi connectivity index (χ3v) is 4.38. The summed E-state index contributed by atoms with van der Waals surface area (Å²) in [5, 5.41) is 0. The average Bonchev–Trinajstić information content (AvgIpc) is 2.34. The average molecular weight is 363 g/mol. The molecule has 0 unspecified atom stereocenters. The van der Waals surface area contributed by atoms with Crippen LogP contribution in [0.5, 0.6) is 0 Å². The summed E-state index contributed by atoms with van der Waals surface area (Å²) >= 11 is 2.91. The van der Waals surface area contributed by atoms with E-state index in [9.17, 15) is 17.2 Å². The highest BCUT2D eigenvalue weighted by Gasteiger charge is 2.19. The van der Waals surface area contributed by atoms with Crippen LogP contribution in [0.3, 0.4) is 0 Å². The number of sulfonamides is 1. The molecular formula is C12H9BrF2N2O2S. The van der Waals surface area contributed by atoms with Crippen LogP contribution in [0.2, 0.25) is 0 Å². The molecule has 0 radical (unpaired) electrons. The Bertz CT molecular complexity index is 743. The first kappa shape index (κ1) is 14.7. The minimum absolute atomic E-state index is 0.0394. The maximum atomic E-state index is 13.6. The molecule has 0 saturated heterocycles. The molecule has 0 atom stereocenters. The highest BCUT2D eigenvalue weighted by molar-refractivity contribution is 9.10. The number of hydrogen-bond donors (Lipinski definition) is 2. The summed E-state index contributed by atoms with van der Waals surface area (Å²) in [6.45, 7) is 0. The standard InChI is InChI=1S/C12H9BrF2N2O2S/c13-10-4-7(14)5-11(15)12(10)17-20(18,19)9-3-1-2-8(16)6-9/h1-6,17H,16H2. The van der Waals surface area contributed by atoms with Gasteiger partial charge in [-0.2, -0.15) is 0 Å². The molecule has 0 bridgehead atoms. The molecule has 20 heavy (non-hydrogen) atoms. The summed E-state index contributed by atoms with van der Waals surface area (Å²) < 4.78 is 52.8. The van der Waals surface area contributed by atoms with Gasteiger partial charge in [0, 0.05) is 16.2 Å². The van der Waals surface area contributed by atoms with Crippen LogP contribution >= 0.6 is 15.9 Å². The molecule has 0 aliphatic rings. The number of rotatable bonds is 3. The van der Waals surface area contributed by atoms with Gasteiger partial charge in [-0.15, -0.1) is 0 Å². The van der Waals surface area contributed by atoms with Gasteiger partial charge in [-0.3, -0.25) is 4.72 Å². The topological polar surface area (TPSA) is 72.2 Å². The van der Waals surface area contributed by atoms with Gasteiger partial charge in [0.05, 0.1) is 10.6 Å². The normalized spacial score (nSPS) is 11.3. The molecule has 0 aliphatic heterocycles. The van der Waals surface area contributed by atoms with E-state index in [0.29, 0.717) is 6.07 Å². The molecule has 2 aromatic rings. The molecule has 4 nitrogen and oxygen atoms in total. The lowest BCUT2D eigenvalue weighted by molar-refractivity contribution is 0.581. The van der Waals surface area contributed by atoms with Gasteiger partial charge in [-0.1, -0.05) is 6.07 Å². The molecule has 0 aromatic heterocycles. The summed E-state index contributed by atoms with van der Waals surface area (Å²) in [6.07, 6.45) is 0. The zero-order valence-electron chi connectivity index (χ0n) is 9.90. The molecule has 106 valence electrons. The number of benzene rings is 2. The maximum absolute atomic E-state index is 13.6. The Hall–Kier alpha value is -1.67. The molecule has 0 saturated carbocycles. The van der Waals surface area contributed by atoms with E-state index >= 15 is 0 Å². The van der Waals surface area contributed by atoms with E-state index in [0.717, 1.165) is 6.07 Å². The van der Waals surface area contributed by atoms with Gasteiger partial charge >= 0.3 is 0 Å². The molecule has 0 amide bonds. The number of nitrogens with one attached hydrogen (secondary N) is 1. The van der Waals surface area contributed by atoms with Gasteiger partial charge in [0.15, 0.2) is 5.82 Å². The number of nitrogens with two attached hydrogens (primary N) is 1. The Morgan fingerprint density at radius 3 is 2.45 bits per heavy atom. The third kappa shape index (κ3) is 3.07. The van der Waals surface area contributed by atoms with Crippen molar-refractivity contribution in [3.8, 4) is 0 Å². The Balaban J connectivity index is 2.44. The highest BCUT2D eigenvalue weighted by atomic mass is 79.9. The quantitative estimate of drug-likeness (QED) is 0.824. The van der Waals surface area contributed by atoms with Crippen molar-refractivity contribution in [2.45, 2.75) is 4.90 Å². The Morgan fingerprint density at radius 1 is 1.15 bits per heavy atom. The number of nitrogen functional groups attached to an aromatic ring is 1. The van der Waals surface area contributed by atoms with Crippen LogP contribution in [0.1, 0.15) is 0 Å². The predicted octanol–water partition coefficient (Wildman–Crippen LogP) is 3.11. The van der Waals surface area contributed by atoms with Gasteiger partial charge in [0.25, 0.3) is 10.0 Å². The van der Waals surface area contributed by atoms with Crippen LogP contribution in [0.15, 0.2) is 45.8 Å². The second-order valence-corrected chi connectivity index (χ2v) is 6.46. The fraction of sp³-hybridized carbons (Fsp3) is 0. The van der Waals surface area contributed by atoms with E-state index in [1.54, 1.807) is 0 Å². The second kappa shape index (κ2) is 5.37. The van der Waals surface area contributed by atoms with E-state index in [4.69, 9.17) is 5.73 Å². The minimum Gasteiger partial charge on any atom is -0.399 e. The highest BCUT2D eigenvalue weighted by Crippen LogP contribution is 2.29. The predicted molar refractivity (Wildman–Crippen MR) is 75.7 cm³/mol. The Morgan fingerprint density at radius 2 is 1.85 bits per heavy atom. The first-order valence-corrected chi connectivity index (χ1v) is 7.60. The summed E-state index contributed by atoms with van der Waals surface area (Å²) in [5.41, 5.74) is 5.39. The van der Waals surface area contributed by atoms with Gasteiger partial charge in [0.1, 0.15) is 5.82 Å². The smallest absolute Gasteiger partial charge is 0.262 e. The summed E-state index contributed by atoms with van der Waals surface area (Å²) in [7, 11) is -4.02. The largest absolute Gasteiger partial charge is 0.399 e. The minimum atomic E-state index is -4.02. The van der Waals surface area contributed by atoms with E-state index < -0.39 is 21.7 Å². The van der Waals surface area contributed by atoms with Gasteiger partial charge in [-0.05, 0) is 40.2 Å². The number of halogens is 3. The van der Waals surface area contributed by atoms with Crippen molar-refractivity contribution in [1.82, 2.24) is 0 Å². The molecule has 3 N–H and O–H groups in total. The fourth-order valence-corrected chi connectivity index (χ4v) is 3.30. The van der Waals surface area contributed by atoms with Gasteiger partial charge < -0.3 is 5.73 Å². The Labute approximate surface area is 122 Å². The fourth-order valence-electron chi connectivity index (χ4n) is 1.51. The van der Waals surface area contributed by atoms with Crippen molar-refractivity contribution in [1.29, 1.82) is 0 Å². The Kier molecular flexibility index (Phi) is 3.96. The molecule has 2 rings (SSSR count). The molecule has 0 aliphatic carbocycles. The second-order valence-electron chi connectivity index (χ2n) is 3.92. The number of anilines is 2. The van der Waals surface area contributed by atoms with Gasteiger partial charge in [-0.25, -0.2) is 17.2 Å². The van der Waals surface area contributed by atoms with Crippen LogP contribution < -0.4 is 10.5 Å². The molecule has 0 spiro atoms.